The number of amides is 1. The minimum Gasteiger partial charge on any atom is -0.497 e. The Morgan fingerprint density at radius 1 is 0.926 bits per heavy atom. The molecule has 0 spiro atoms. The molecular weight excluding hydrogens is 364 g/mol. The molecule has 0 fully saturated rings. The summed E-state index contributed by atoms with van der Waals surface area (Å²) in [6.07, 6.45) is 0. The van der Waals surface area contributed by atoms with Gasteiger partial charge in [-0.3, -0.25) is 4.79 Å². The molecule has 1 heterocycles. The van der Waals surface area contributed by atoms with Gasteiger partial charge in [0.25, 0.3) is 5.91 Å². The first kappa shape index (κ1) is 18.7. The third kappa shape index (κ3) is 5.43. The predicted octanol–water partition coefficient (Wildman–Crippen LogP) is 3.68. The molecule has 0 aliphatic rings. The van der Waals surface area contributed by atoms with Gasteiger partial charge in [0.1, 0.15) is 11.6 Å². The van der Waals surface area contributed by atoms with Gasteiger partial charge in [-0.2, -0.15) is 0 Å². The highest BCUT2D eigenvalue weighted by atomic mass is 35.5. The molecule has 138 valence electrons. The van der Waals surface area contributed by atoms with E-state index in [4.69, 9.17) is 16.3 Å². The topological polar surface area (TPSA) is 76.1 Å². The molecule has 2 N–H and O–H groups in total. The molecule has 0 radical (unpaired) electrons. The van der Waals surface area contributed by atoms with Gasteiger partial charge in [-0.15, -0.1) is 10.2 Å². The second kappa shape index (κ2) is 9.00. The van der Waals surface area contributed by atoms with E-state index in [1.807, 2.05) is 36.4 Å². The number of nitrogens with zero attached hydrogens (tertiary/aromatic N) is 2. The summed E-state index contributed by atoms with van der Waals surface area (Å²) in [5.41, 5.74) is 2.31. The summed E-state index contributed by atoms with van der Waals surface area (Å²) >= 11 is 5.85. The van der Waals surface area contributed by atoms with Crippen LogP contribution in [0.4, 0.5) is 5.82 Å². The minimum atomic E-state index is -0.279. The van der Waals surface area contributed by atoms with Crippen molar-refractivity contribution in [3.63, 3.8) is 0 Å². The Morgan fingerprint density at radius 3 is 2.22 bits per heavy atom. The average molecular weight is 383 g/mol. The molecule has 0 unspecified atom stereocenters. The first-order valence-corrected chi connectivity index (χ1v) is 8.75. The number of hydrogen-bond donors (Lipinski definition) is 2. The van der Waals surface area contributed by atoms with Crippen molar-refractivity contribution < 1.29 is 9.53 Å². The summed E-state index contributed by atoms with van der Waals surface area (Å²) in [7, 11) is 1.63. The highest BCUT2D eigenvalue weighted by Gasteiger charge is 2.08. The van der Waals surface area contributed by atoms with Crippen molar-refractivity contribution in [2.75, 3.05) is 12.4 Å². The lowest BCUT2D eigenvalue weighted by Crippen LogP contribution is -2.24. The zero-order valence-corrected chi connectivity index (χ0v) is 15.5. The minimum absolute atomic E-state index is 0.263. The third-order valence-electron chi connectivity index (χ3n) is 3.90. The highest BCUT2D eigenvalue weighted by molar-refractivity contribution is 6.30. The zero-order valence-electron chi connectivity index (χ0n) is 14.8. The fraction of sp³-hybridized carbons (Fsp3) is 0.150. The van der Waals surface area contributed by atoms with Gasteiger partial charge in [-0.05, 0) is 47.5 Å². The molecule has 0 saturated heterocycles. The summed E-state index contributed by atoms with van der Waals surface area (Å²) in [6, 6.07) is 18.4. The number of benzene rings is 2. The van der Waals surface area contributed by atoms with E-state index in [0.717, 1.165) is 16.9 Å². The van der Waals surface area contributed by atoms with Crippen LogP contribution in [-0.4, -0.2) is 23.2 Å². The number of anilines is 1. The number of carbonyl (C=O) groups is 1. The van der Waals surface area contributed by atoms with Crippen LogP contribution in [0.3, 0.4) is 0 Å². The molecular formula is C20H19ClN4O2. The van der Waals surface area contributed by atoms with E-state index in [1.165, 1.54) is 0 Å². The molecule has 1 amide bonds. The van der Waals surface area contributed by atoms with Gasteiger partial charge in [0.2, 0.25) is 0 Å². The van der Waals surface area contributed by atoms with Crippen LogP contribution in [0.2, 0.25) is 5.02 Å². The quantitative estimate of drug-likeness (QED) is 0.651. The van der Waals surface area contributed by atoms with Crippen molar-refractivity contribution in [3.8, 4) is 5.75 Å². The summed E-state index contributed by atoms with van der Waals surface area (Å²) in [5.74, 6) is 1.13. The summed E-state index contributed by atoms with van der Waals surface area (Å²) in [6.45, 7) is 0.996. The van der Waals surface area contributed by atoms with Crippen LogP contribution in [0.15, 0.2) is 60.7 Å². The Labute approximate surface area is 162 Å². The lowest BCUT2D eigenvalue weighted by atomic mass is 10.2. The molecule has 7 heteroatoms. The van der Waals surface area contributed by atoms with E-state index < -0.39 is 0 Å². The Bertz CT molecular complexity index is 881. The molecule has 0 saturated carbocycles. The van der Waals surface area contributed by atoms with Crippen LogP contribution in [0.1, 0.15) is 21.6 Å². The Kier molecular flexibility index (Phi) is 6.22. The number of halogens is 1. The lowest BCUT2D eigenvalue weighted by Gasteiger charge is -2.07. The Hall–Kier alpha value is -3.12. The molecule has 3 rings (SSSR count). The van der Waals surface area contributed by atoms with Gasteiger partial charge in [-0.25, -0.2) is 0 Å². The van der Waals surface area contributed by atoms with Crippen molar-refractivity contribution in [2.45, 2.75) is 13.1 Å². The van der Waals surface area contributed by atoms with Gasteiger partial charge in [0.15, 0.2) is 5.69 Å². The Morgan fingerprint density at radius 2 is 1.59 bits per heavy atom. The summed E-state index contributed by atoms with van der Waals surface area (Å²) in [4.78, 5) is 12.2. The van der Waals surface area contributed by atoms with Crippen LogP contribution in [0, 0.1) is 0 Å². The van der Waals surface area contributed by atoms with Crippen LogP contribution in [0.5, 0.6) is 5.75 Å². The summed E-state index contributed by atoms with van der Waals surface area (Å²) < 4.78 is 5.13. The zero-order chi connectivity index (χ0) is 19.1. The van der Waals surface area contributed by atoms with Crippen molar-refractivity contribution >= 4 is 23.3 Å². The van der Waals surface area contributed by atoms with Crippen molar-refractivity contribution in [1.82, 2.24) is 15.5 Å². The average Bonchev–Trinajstić information content (AvgIpc) is 2.72. The van der Waals surface area contributed by atoms with Crippen LogP contribution in [-0.2, 0) is 13.1 Å². The standard InChI is InChI=1S/C20H19ClN4O2/c1-27-17-8-4-15(5-9-17)12-22-19-11-10-18(24-25-19)20(26)23-13-14-2-6-16(21)7-3-14/h2-11H,12-13H2,1H3,(H,22,25)(H,23,26). The van der Waals surface area contributed by atoms with Gasteiger partial charge in [-0.1, -0.05) is 35.9 Å². The molecule has 0 atom stereocenters. The second-order valence-electron chi connectivity index (χ2n) is 5.81. The van der Waals surface area contributed by atoms with E-state index in [1.54, 1.807) is 31.4 Å². The number of hydrogen-bond acceptors (Lipinski definition) is 5. The van der Waals surface area contributed by atoms with Crippen LogP contribution in [0.25, 0.3) is 0 Å². The molecule has 0 aliphatic carbocycles. The SMILES string of the molecule is COc1ccc(CNc2ccc(C(=O)NCc3ccc(Cl)cc3)nn2)cc1. The molecule has 3 aromatic rings. The van der Waals surface area contributed by atoms with E-state index in [-0.39, 0.29) is 11.6 Å². The first-order chi connectivity index (χ1) is 13.1. The van der Waals surface area contributed by atoms with Gasteiger partial charge < -0.3 is 15.4 Å². The largest absolute Gasteiger partial charge is 0.497 e. The van der Waals surface area contributed by atoms with Crippen molar-refractivity contribution in [3.05, 3.63) is 82.5 Å². The number of ether oxygens (including phenoxy) is 1. The second-order valence-corrected chi connectivity index (χ2v) is 6.25. The number of aromatic nitrogens is 2. The maximum Gasteiger partial charge on any atom is 0.272 e. The summed E-state index contributed by atoms with van der Waals surface area (Å²) in [5, 5.41) is 14.7. The molecule has 6 nitrogen and oxygen atoms in total. The van der Waals surface area contributed by atoms with Gasteiger partial charge in [0, 0.05) is 18.1 Å². The van der Waals surface area contributed by atoms with E-state index in [9.17, 15) is 4.79 Å². The number of methoxy groups -OCH3 is 1. The fourth-order valence-electron chi connectivity index (χ4n) is 2.36. The molecule has 1 aromatic heterocycles. The lowest BCUT2D eigenvalue weighted by molar-refractivity contribution is 0.0945. The monoisotopic (exact) mass is 382 g/mol. The number of carbonyl (C=O) groups excluding carboxylic acids is 1. The predicted molar refractivity (Wildman–Crippen MR) is 105 cm³/mol. The third-order valence-corrected chi connectivity index (χ3v) is 4.15. The normalized spacial score (nSPS) is 10.3. The maximum atomic E-state index is 12.2. The molecule has 27 heavy (non-hydrogen) atoms. The van der Waals surface area contributed by atoms with Crippen molar-refractivity contribution in [1.29, 1.82) is 0 Å². The van der Waals surface area contributed by atoms with Gasteiger partial charge in [0.05, 0.1) is 7.11 Å². The van der Waals surface area contributed by atoms with Crippen molar-refractivity contribution in [2.24, 2.45) is 0 Å². The highest BCUT2D eigenvalue weighted by Crippen LogP contribution is 2.13. The molecule has 0 aliphatic heterocycles. The van der Waals surface area contributed by atoms with Crippen LogP contribution >= 0.6 is 11.6 Å². The smallest absolute Gasteiger partial charge is 0.272 e. The van der Waals surface area contributed by atoms with E-state index in [0.29, 0.717) is 23.9 Å². The fourth-order valence-corrected chi connectivity index (χ4v) is 2.48. The molecule has 0 bridgehead atoms. The number of nitrogens with one attached hydrogen (secondary N) is 2. The first-order valence-electron chi connectivity index (χ1n) is 8.37. The van der Waals surface area contributed by atoms with E-state index >= 15 is 0 Å². The maximum absolute atomic E-state index is 12.2. The Balaban J connectivity index is 1.51. The van der Waals surface area contributed by atoms with E-state index in [2.05, 4.69) is 20.8 Å². The molecule has 2 aromatic carbocycles. The van der Waals surface area contributed by atoms with Gasteiger partial charge >= 0.3 is 0 Å². The number of rotatable bonds is 7. The van der Waals surface area contributed by atoms with Crippen LogP contribution < -0.4 is 15.4 Å².